The molecular formula is C13H17F2NO3. The molecule has 0 unspecified atom stereocenters. The Kier molecular flexibility index (Phi) is 5.69. The van der Waals surface area contributed by atoms with E-state index in [9.17, 15) is 18.7 Å². The van der Waals surface area contributed by atoms with Gasteiger partial charge in [-0.25, -0.2) is 8.78 Å². The van der Waals surface area contributed by atoms with Crippen molar-refractivity contribution in [3.05, 3.63) is 29.3 Å². The number of phenols is 1. The molecule has 0 saturated heterocycles. The fourth-order valence-corrected chi connectivity index (χ4v) is 1.47. The van der Waals surface area contributed by atoms with Crippen LogP contribution in [0, 0.1) is 11.6 Å². The number of nitrogens with one attached hydrogen (secondary N) is 1. The zero-order valence-corrected chi connectivity index (χ0v) is 10.9. The van der Waals surface area contributed by atoms with E-state index in [2.05, 4.69) is 5.32 Å². The molecule has 0 spiro atoms. The fraction of sp³-hybridized carbons (Fsp3) is 0.462. The summed E-state index contributed by atoms with van der Waals surface area (Å²) in [5, 5.41) is 11.8. The monoisotopic (exact) mass is 273 g/mol. The van der Waals surface area contributed by atoms with Crippen LogP contribution >= 0.6 is 0 Å². The number of carbonyl (C=O) groups excluding carboxylic acids is 1. The molecule has 0 fully saturated rings. The lowest BCUT2D eigenvalue weighted by molar-refractivity contribution is 0.0756. The van der Waals surface area contributed by atoms with E-state index < -0.39 is 28.9 Å². The Balaban J connectivity index is 2.50. The molecule has 0 saturated carbocycles. The molecule has 0 aliphatic rings. The van der Waals surface area contributed by atoms with Crippen LogP contribution in [-0.4, -0.2) is 30.3 Å². The molecule has 106 valence electrons. The van der Waals surface area contributed by atoms with Crippen molar-refractivity contribution in [2.45, 2.75) is 26.4 Å². The van der Waals surface area contributed by atoms with Gasteiger partial charge in [0.15, 0.2) is 0 Å². The van der Waals surface area contributed by atoms with Gasteiger partial charge < -0.3 is 15.2 Å². The van der Waals surface area contributed by atoms with Gasteiger partial charge in [-0.15, -0.1) is 0 Å². The Labute approximate surface area is 110 Å². The summed E-state index contributed by atoms with van der Waals surface area (Å²) < 4.78 is 31.4. The van der Waals surface area contributed by atoms with Gasteiger partial charge in [0.2, 0.25) is 0 Å². The third kappa shape index (κ3) is 4.82. The normalized spacial score (nSPS) is 10.8. The lowest BCUT2D eigenvalue weighted by Gasteiger charge is -2.09. The third-order valence-electron chi connectivity index (χ3n) is 2.32. The Hall–Kier alpha value is -1.69. The predicted octanol–water partition coefficient (Wildman–Crippen LogP) is 2.22. The lowest BCUT2D eigenvalue weighted by Crippen LogP contribution is -2.26. The van der Waals surface area contributed by atoms with Crippen molar-refractivity contribution in [2.24, 2.45) is 0 Å². The molecule has 2 N–H and O–H groups in total. The Bertz CT molecular complexity index is 427. The van der Waals surface area contributed by atoms with Gasteiger partial charge in [0.25, 0.3) is 5.91 Å². The smallest absolute Gasteiger partial charge is 0.258 e. The molecule has 0 aliphatic carbocycles. The maximum absolute atomic E-state index is 13.4. The van der Waals surface area contributed by atoms with Crippen molar-refractivity contribution in [3.63, 3.8) is 0 Å². The summed E-state index contributed by atoms with van der Waals surface area (Å²) in [7, 11) is 0. The van der Waals surface area contributed by atoms with E-state index in [0.29, 0.717) is 25.2 Å². The van der Waals surface area contributed by atoms with Crippen molar-refractivity contribution in [1.29, 1.82) is 0 Å². The number of phenolic OH excluding ortho intramolecular Hbond substituents is 1. The minimum atomic E-state index is -1.09. The average Bonchev–Trinajstić information content (AvgIpc) is 2.26. The van der Waals surface area contributed by atoms with Gasteiger partial charge in [-0.05, 0) is 20.3 Å². The number of benzene rings is 1. The van der Waals surface area contributed by atoms with Gasteiger partial charge in [-0.2, -0.15) is 0 Å². The molecule has 0 radical (unpaired) electrons. The quantitative estimate of drug-likeness (QED) is 0.781. The second kappa shape index (κ2) is 7.04. The number of hydrogen-bond donors (Lipinski definition) is 2. The van der Waals surface area contributed by atoms with Gasteiger partial charge in [-0.1, -0.05) is 0 Å². The first-order valence-corrected chi connectivity index (χ1v) is 5.99. The van der Waals surface area contributed by atoms with Crippen LogP contribution in [0.15, 0.2) is 12.1 Å². The number of ether oxygens (including phenoxy) is 1. The van der Waals surface area contributed by atoms with Gasteiger partial charge in [0.1, 0.15) is 22.9 Å². The summed E-state index contributed by atoms with van der Waals surface area (Å²) in [4.78, 5) is 11.6. The highest BCUT2D eigenvalue weighted by Gasteiger charge is 2.17. The summed E-state index contributed by atoms with van der Waals surface area (Å²) in [6, 6.07) is 1.25. The summed E-state index contributed by atoms with van der Waals surface area (Å²) in [6.45, 7) is 4.53. The number of amides is 1. The van der Waals surface area contributed by atoms with E-state index in [1.165, 1.54) is 0 Å². The Morgan fingerprint density at radius 3 is 2.68 bits per heavy atom. The first kappa shape index (κ1) is 15.4. The fourth-order valence-electron chi connectivity index (χ4n) is 1.47. The highest BCUT2D eigenvalue weighted by molar-refractivity contribution is 5.97. The first-order valence-electron chi connectivity index (χ1n) is 5.99. The molecular weight excluding hydrogens is 256 g/mol. The summed E-state index contributed by atoms with van der Waals surface area (Å²) >= 11 is 0. The Morgan fingerprint density at radius 2 is 2.11 bits per heavy atom. The first-order chi connectivity index (χ1) is 8.91. The number of hydrogen-bond acceptors (Lipinski definition) is 3. The third-order valence-corrected chi connectivity index (χ3v) is 2.32. The molecule has 0 heterocycles. The minimum Gasteiger partial charge on any atom is -0.507 e. The van der Waals surface area contributed by atoms with Crippen LogP contribution in [0.25, 0.3) is 0 Å². The molecule has 1 aromatic carbocycles. The lowest BCUT2D eigenvalue weighted by atomic mass is 10.1. The highest BCUT2D eigenvalue weighted by atomic mass is 19.1. The van der Waals surface area contributed by atoms with Gasteiger partial charge in [0.05, 0.1) is 6.10 Å². The van der Waals surface area contributed by atoms with Crippen molar-refractivity contribution in [2.75, 3.05) is 13.2 Å². The number of carbonyl (C=O) groups is 1. The van der Waals surface area contributed by atoms with E-state index in [1.807, 2.05) is 13.8 Å². The number of aromatic hydroxyl groups is 1. The van der Waals surface area contributed by atoms with Crippen LogP contribution in [-0.2, 0) is 4.74 Å². The van der Waals surface area contributed by atoms with Crippen LogP contribution in [0.3, 0.4) is 0 Å². The zero-order valence-electron chi connectivity index (χ0n) is 10.9. The van der Waals surface area contributed by atoms with Gasteiger partial charge in [-0.3, -0.25) is 4.79 Å². The number of halogens is 2. The molecule has 0 bridgehead atoms. The molecule has 0 atom stereocenters. The molecule has 1 aromatic rings. The van der Waals surface area contributed by atoms with Gasteiger partial charge >= 0.3 is 0 Å². The standard InChI is InChI=1S/C13H17F2NO3/c1-8(2)19-5-3-4-16-13(18)12-10(15)6-9(14)7-11(12)17/h6-8,17H,3-5H2,1-2H3,(H,16,18). The van der Waals surface area contributed by atoms with E-state index in [0.717, 1.165) is 0 Å². The SMILES string of the molecule is CC(C)OCCCNC(=O)c1c(O)cc(F)cc1F. The largest absolute Gasteiger partial charge is 0.507 e. The van der Waals surface area contributed by atoms with E-state index in [-0.39, 0.29) is 12.6 Å². The molecule has 0 aromatic heterocycles. The van der Waals surface area contributed by atoms with Crippen molar-refractivity contribution in [3.8, 4) is 5.75 Å². The van der Waals surface area contributed by atoms with Crippen LogP contribution in [0.1, 0.15) is 30.6 Å². The second-order valence-electron chi connectivity index (χ2n) is 4.31. The maximum Gasteiger partial charge on any atom is 0.258 e. The minimum absolute atomic E-state index is 0.106. The van der Waals surface area contributed by atoms with Crippen molar-refractivity contribution in [1.82, 2.24) is 5.32 Å². The van der Waals surface area contributed by atoms with Crippen LogP contribution in [0.4, 0.5) is 8.78 Å². The van der Waals surface area contributed by atoms with Gasteiger partial charge in [0, 0.05) is 25.3 Å². The van der Waals surface area contributed by atoms with E-state index in [1.54, 1.807) is 0 Å². The number of rotatable bonds is 6. The van der Waals surface area contributed by atoms with Crippen molar-refractivity contribution < 1.29 is 23.4 Å². The summed E-state index contributed by atoms with van der Waals surface area (Å²) in [5.41, 5.74) is -0.550. The topological polar surface area (TPSA) is 58.6 Å². The predicted molar refractivity (Wildman–Crippen MR) is 66.1 cm³/mol. The maximum atomic E-state index is 13.4. The average molecular weight is 273 g/mol. The molecule has 19 heavy (non-hydrogen) atoms. The molecule has 1 amide bonds. The van der Waals surface area contributed by atoms with E-state index in [4.69, 9.17) is 4.74 Å². The Morgan fingerprint density at radius 1 is 1.42 bits per heavy atom. The van der Waals surface area contributed by atoms with Crippen LogP contribution in [0.5, 0.6) is 5.75 Å². The molecule has 6 heteroatoms. The van der Waals surface area contributed by atoms with Crippen LogP contribution in [0.2, 0.25) is 0 Å². The van der Waals surface area contributed by atoms with E-state index >= 15 is 0 Å². The highest BCUT2D eigenvalue weighted by Crippen LogP contribution is 2.21. The molecule has 0 aliphatic heterocycles. The zero-order chi connectivity index (χ0) is 14.4. The summed E-state index contributed by atoms with van der Waals surface area (Å²) in [6.07, 6.45) is 0.669. The summed E-state index contributed by atoms with van der Waals surface area (Å²) in [5.74, 6) is -3.52. The molecule has 4 nitrogen and oxygen atoms in total. The molecule has 1 rings (SSSR count). The van der Waals surface area contributed by atoms with Crippen LogP contribution < -0.4 is 5.32 Å². The second-order valence-corrected chi connectivity index (χ2v) is 4.31. The van der Waals surface area contributed by atoms with Crippen molar-refractivity contribution >= 4 is 5.91 Å².